The van der Waals surface area contributed by atoms with Crippen LogP contribution in [-0.2, 0) is 11.8 Å². The highest BCUT2D eigenvalue weighted by atomic mass is 19.1. The predicted molar refractivity (Wildman–Crippen MR) is 71.9 cm³/mol. The minimum atomic E-state index is -1.02. The molecule has 106 valence electrons. The van der Waals surface area contributed by atoms with Gasteiger partial charge in [0.25, 0.3) is 0 Å². The highest BCUT2D eigenvalue weighted by Crippen LogP contribution is 2.25. The third-order valence-electron chi connectivity index (χ3n) is 2.94. The van der Waals surface area contributed by atoms with Crippen LogP contribution in [-0.4, -0.2) is 31.9 Å². The quantitative estimate of drug-likeness (QED) is 0.891. The van der Waals surface area contributed by atoms with Crippen molar-refractivity contribution >= 4 is 11.7 Å². The molecule has 0 aliphatic rings. The molecule has 0 spiro atoms. The van der Waals surface area contributed by atoms with Gasteiger partial charge in [0.15, 0.2) is 5.82 Å². The molecule has 2 N–H and O–H groups in total. The number of halogens is 1. The molecule has 0 bridgehead atoms. The predicted octanol–water partition coefficient (Wildman–Crippen LogP) is 1.81. The fraction of sp³-hybridized carbons (Fsp3) is 0.308. The van der Waals surface area contributed by atoms with Crippen LogP contribution in [0, 0.1) is 12.7 Å². The molecule has 1 atom stereocenters. The van der Waals surface area contributed by atoms with E-state index in [9.17, 15) is 9.18 Å². The molecule has 2 aromatic rings. The number of anilines is 1. The van der Waals surface area contributed by atoms with Crippen molar-refractivity contribution in [3.05, 3.63) is 29.8 Å². The molecular weight excluding hydrogens is 263 g/mol. The molecule has 0 unspecified atom stereocenters. The first kappa shape index (κ1) is 14.0. The first-order valence-corrected chi connectivity index (χ1v) is 6.04. The zero-order chi connectivity index (χ0) is 14.9. The Morgan fingerprint density at radius 2 is 2.20 bits per heavy atom. The smallest absolute Gasteiger partial charge is 0.325 e. The highest BCUT2D eigenvalue weighted by Gasteiger charge is 2.16. The van der Waals surface area contributed by atoms with Gasteiger partial charge >= 0.3 is 5.97 Å². The molecule has 2 rings (SSSR count). The lowest BCUT2D eigenvalue weighted by Gasteiger charge is -2.12. The van der Waals surface area contributed by atoms with Crippen LogP contribution >= 0.6 is 0 Å². The molecule has 2 heterocycles. The summed E-state index contributed by atoms with van der Waals surface area (Å²) >= 11 is 0. The summed E-state index contributed by atoms with van der Waals surface area (Å²) in [7, 11) is 1.71. The van der Waals surface area contributed by atoms with Crippen LogP contribution in [0.3, 0.4) is 0 Å². The number of rotatable bonds is 4. The number of nitrogens with zero attached hydrogens (tertiary/aromatic N) is 3. The van der Waals surface area contributed by atoms with E-state index in [0.29, 0.717) is 11.4 Å². The fourth-order valence-corrected chi connectivity index (χ4v) is 1.89. The summed E-state index contributed by atoms with van der Waals surface area (Å²) in [4.78, 5) is 14.8. The van der Waals surface area contributed by atoms with Gasteiger partial charge in [0.1, 0.15) is 11.7 Å². The third kappa shape index (κ3) is 2.61. The molecule has 0 aromatic carbocycles. The summed E-state index contributed by atoms with van der Waals surface area (Å²) in [6.45, 7) is 3.29. The van der Waals surface area contributed by atoms with Crippen LogP contribution in [0.1, 0.15) is 12.5 Å². The molecule has 0 amide bonds. The summed E-state index contributed by atoms with van der Waals surface area (Å²) in [5, 5.41) is 15.5. The van der Waals surface area contributed by atoms with Gasteiger partial charge in [-0.3, -0.25) is 9.48 Å². The Morgan fingerprint density at radius 3 is 2.70 bits per heavy atom. The maximum absolute atomic E-state index is 14.1. The van der Waals surface area contributed by atoms with E-state index in [0.717, 1.165) is 5.56 Å². The van der Waals surface area contributed by atoms with Crippen molar-refractivity contribution in [3.63, 3.8) is 0 Å². The highest BCUT2D eigenvalue weighted by molar-refractivity contribution is 5.76. The van der Waals surface area contributed by atoms with Crippen LogP contribution in [0.4, 0.5) is 10.1 Å². The fourth-order valence-electron chi connectivity index (χ4n) is 1.89. The van der Waals surface area contributed by atoms with Crippen molar-refractivity contribution in [2.75, 3.05) is 5.32 Å². The van der Waals surface area contributed by atoms with Crippen molar-refractivity contribution in [3.8, 4) is 11.4 Å². The van der Waals surface area contributed by atoms with E-state index in [1.165, 1.54) is 19.2 Å². The van der Waals surface area contributed by atoms with E-state index in [4.69, 9.17) is 5.11 Å². The molecule has 2 aromatic heterocycles. The van der Waals surface area contributed by atoms with Gasteiger partial charge in [-0.2, -0.15) is 5.10 Å². The normalized spacial score (nSPS) is 12.2. The number of aromatic nitrogens is 3. The SMILES string of the molecule is Cc1cnn(C)c1-c1ncc(N[C@@H](C)C(=O)O)cc1F. The van der Waals surface area contributed by atoms with Crippen LogP contribution in [0.25, 0.3) is 11.4 Å². The standard InChI is InChI=1S/C13H15FN4O2/c1-7-5-16-18(3)12(7)11-10(14)4-9(6-15-11)17-8(2)13(19)20/h4-6,8,17H,1-3H3,(H,19,20)/t8-/m0/s1. The lowest BCUT2D eigenvalue weighted by atomic mass is 10.2. The number of carboxylic acid groups (broad SMARTS) is 1. The van der Waals surface area contributed by atoms with Gasteiger partial charge in [-0.05, 0) is 19.4 Å². The zero-order valence-electron chi connectivity index (χ0n) is 11.4. The van der Waals surface area contributed by atoms with Gasteiger partial charge in [-0.15, -0.1) is 0 Å². The lowest BCUT2D eigenvalue weighted by Crippen LogP contribution is -2.25. The summed E-state index contributed by atoms with van der Waals surface area (Å²) < 4.78 is 15.7. The topological polar surface area (TPSA) is 80.0 Å². The van der Waals surface area contributed by atoms with Gasteiger partial charge in [0, 0.05) is 13.1 Å². The van der Waals surface area contributed by atoms with E-state index in [1.807, 2.05) is 6.92 Å². The van der Waals surface area contributed by atoms with E-state index in [2.05, 4.69) is 15.4 Å². The minimum absolute atomic E-state index is 0.191. The number of pyridine rings is 1. The molecule has 0 radical (unpaired) electrons. The maximum Gasteiger partial charge on any atom is 0.325 e. The Morgan fingerprint density at radius 1 is 1.50 bits per heavy atom. The van der Waals surface area contributed by atoms with E-state index >= 15 is 0 Å². The number of aryl methyl sites for hydroxylation is 2. The first-order chi connectivity index (χ1) is 9.40. The Hall–Kier alpha value is -2.44. The number of nitrogens with one attached hydrogen (secondary N) is 1. The Labute approximate surface area is 115 Å². The van der Waals surface area contributed by atoms with Crippen LogP contribution in [0.15, 0.2) is 18.5 Å². The Kier molecular flexibility index (Phi) is 3.69. The van der Waals surface area contributed by atoms with E-state index in [-0.39, 0.29) is 5.69 Å². The second-order valence-electron chi connectivity index (χ2n) is 4.56. The summed E-state index contributed by atoms with van der Waals surface area (Å²) in [6, 6.07) is 0.411. The third-order valence-corrected chi connectivity index (χ3v) is 2.94. The number of carbonyl (C=O) groups is 1. The second-order valence-corrected chi connectivity index (χ2v) is 4.56. The number of carboxylic acids is 1. The monoisotopic (exact) mass is 278 g/mol. The van der Waals surface area contributed by atoms with Crippen molar-refractivity contribution in [2.24, 2.45) is 7.05 Å². The molecule has 7 heteroatoms. The van der Waals surface area contributed by atoms with Crippen molar-refractivity contribution < 1.29 is 14.3 Å². The van der Waals surface area contributed by atoms with Crippen molar-refractivity contribution in [1.29, 1.82) is 0 Å². The number of aliphatic carboxylic acids is 1. The van der Waals surface area contributed by atoms with Crippen LogP contribution in [0.2, 0.25) is 0 Å². The zero-order valence-corrected chi connectivity index (χ0v) is 11.4. The summed E-state index contributed by atoms with van der Waals surface area (Å²) in [6.07, 6.45) is 3.04. The van der Waals surface area contributed by atoms with Crippen LogP contribution in [0.5, 0.6) is 0 Å². The Bertz CT molecular complexity index is 634. The molecule has 0 saturated carbocycles. The molecule has 0 aliphatic heterocycles. The molecule has 0 fully saturated rings. The van der Waals surface area contributed by atoms with Gasteiger partial charge in [-0.25, -0.2) is 9.37 Å². The first-order valence-electron chi connectivity index (χ1n) is 6.04. The average molecular weight is 278 g/mol. The molecule has 6 nitrogen and oxygen atoms in total. The van der Waals surface area contributed by atoms with E-state index < -0.39 is 17.8 Å². The lowest BCUT2D eigenvalue weighted by molar-refractivity contribution is -0.137. The molecule has 20 heavy (non-hydrogen) atoms. The Balaban J connectivity index is 2.34. The van der Waals surface area contributed by atoms with Crippen molar-refractivity contribution in [1.82, 2.24) is 14.8 Å². The summed E-state index contributed by atoms with van der Waals surface area (Å²) in [5.41, 5.74) is 1.93. The average Bonchev–Trinajstić information content (AvgIpc) is 2.70. The number of hydrogen-bond donors (Lipinski definition) is 2. The minimum Gasteiger partial charge on any atom is -0.480 e. The largest absolute Gasteiger partial charge is 0.480 e. The van der Waals surface area contributed by atoms with E-state index in [1.54, 1.807) is 17.9 Å². The summed E-state index contributed by atoms with van der Waals surface area (Å²) in [5.74, 6) is -1.55. The molecule has 0 aliphatic carbocycles. The van der Waals surface area contributed by atoms with Crippen LogP contribution < -0.4 is 5.32 Å². The maximum atomic E-state index is 14.1. The molecule has 0 saturated heterocycles. The molecular formula is C13H15FN4O2. The van der Waals surface area contributed by atoms with Crippen molar-refractivity contribution in [2.45, 2.75) is 19.9 Å². The number of hydrogen-bond acceptors (Lipinski definition) is 4. The van der Waals surface area contributed by atoms with Gasteiger partial charge in [-0.1, -0.05) is 0 Å². The second kappa shape index (κ2) is 5.28. The van der Waals surface area contributed by atoms with Gasteiger partial charge in [0.2, 0.25) is 0 Å². The van der Waals surface area contributed by atoms with Gasteiger partial charge < -0.3 is 10.4 Å². The van der Waals surface area contributed by atoms with Gasteiger partial charge in [0.05, 0.1) is 23.8 Å².